The van der Waals surface area contributed by atoms with Gasteiger partial charge in [-0.3, -0.25) is 5.32 Å². The molecule has 4 rings (SSSR count). The van der Waals surface area contributed by atoms with Gasteiger partial charge < -0.3 is 24.4 Å². The highest BCUT2D eigenvalue weighted by atomic mass is 35.5. The normalized spacial score (nSPS) is 25.1. The van der Waals surface area contributed by atoms with E-state index >= 15 is 0 Å². The summed E-state index contributed by atoms with van der Waals surface area (Å²) in [6.45, 7) is 2.02. The fraction of sp³-hybridized carbons (Fsp3) is 0.360. The Hall–Kier alpha value is -2.91. The SMILES string of the molecule is CCC(O)(C(=O)OCC1=CC[N+]2([O-])CC[C@@H](OC(=O)Nc3ccccc3)[C@@H]12)c1ccc(Cl)cc1. The molecule has 0 aromatic heterocycles. The number of carbonyl (C=O) groups is 2. The van der Waals surface area contributed by atoms with Gasteiger partial charge in [0.2, 0.25) is 0 Å². The fourth-order valence-corrected chi connectivity index (χ4v) is 4.74. The number of esters is 1. The Morgan fingerprint density at radius 1 is 1.21 bits per heavy atom. The maximum absolute atomic E-state index is 13.2. The third-order valence-electron chi connectivity index (χ3n) is 6.51. The number of rotatable bonds is 7. The van der Waals surface area contributed by atoms with E-state index in [1.165, 1.54) is 0 Å². The van der Waals surface area contributed by atoms with Crippen LogP contribution in [0.25, 0.3) is 0 Å². The summed E-state index contributed by atoms with van der Waals surface area (Å²) < 4.78 is 10.5. The quantitative estimate of drug-likeness (QED) is 0.264. The van der Waals surface area contributed by atoms with E-state index in [9.17, 15) is 19.9 Å². The fourth-order valence-electron chi connectivity index (χ4n) is 4.62. The van der Waals surface area contributed by atoms with Crippen LogP contribution in [0.15, 0.2) is 66.2 Å². The van der Waals surface area contributed by atoms with Crippen LogP contribution in [0.5, 0.6) is 0 Å². The average molecular weight is 487 g/mol. The number of benzene rings is 2. The summed E-state index contributed by atoms with van der Waals surface area (Å²) >= 11 is 5.91. The molecule has 2 unspecified atom stereocenters. The van der Waals surface area contributed by atoms with E-state index in [-0.39, 0.29) is 19.6 Å². The minimum Gasteiger partial charge on any atom is -0.632 e. The van der Waals surface area contributed by atoms with Gasteiger partial charge in [0.15, 0.2) is 17.7 Å². The zero-order valence-electron chi connectivity index (χ0n) is 18.8. The molecule has 2 heterocycles. The van der Waals surface area contributed by atoms with Crippen LogP contribution in [-0.2, 0) is 19.9 Å². The van der Waals surface area contributed by atoms with Gasteiger partial charge in [0, 0.05) is 22.7 Å². The summed E-state index contributed by atoms with van der Waals surface area (Å²) in [6.07, 6.45) is 0.961. The molecule has 0 aliphatic carbocycles. The smallest absolute Gasteiger partial charge is 0.412 e. The first-order chi connectivity index (χ1) is 16.2. The van der Waals surface area contributed by atoms with Crippen molar-refractivity contribution < 1.29 is 28.8 Å². The lowest BCUT2D eigenvalue weighted by molar-refractivity contribution is -0.877. The molecule has 4 atom stereocenters. The van der Waals surface area contributed by atoms with Crippen molar-refractivity contribution in [2.75, 3.05) is 25.0 Å². The number of hydrogen-bond donors (Lipinski definition) is 2. The van der Waals surface area contributed by atoms with Gasteiger partial charge in [-0.2, -0.15) is 0 Å². The molecule has 2 aliphatic heterocycles. The minimum absolute atomic E-state index is 0.100. The topological polar surface area (TPSA) is 108 Å². The van der Waals surface area contributed by atoms with Crippen molar-refractivity contribution in [3.63, 3.8) is 0 Å². The maximum atomic E-state index is 13.2. The average Bonchev–Trinajstić information content (AvgIpc) is 3.33. The number of carbonyl (C=O) groups excluding carboxylic acids is 2. The van der Waals surface area contributed by atoms with E-state index in [0.717, 1.165) is 0 Å². The van der Waals surface area contributed by atoms with E-state index in [1.807, 2.05) is 6.07 Å². The number of ether oxygens (including phenoxy) is 2. The van der Waals surface area contributed by atoms with Crippen molar-refractivity contribution in [3.05, 3.63) is 82.0 Å². The second kappa shape index (κ2) is 9.76. The predicted octanol–water partition coefficient (Wildman–Crippen LogP) is 4.13. The molecule has 1 amide bonds. The number of hydrogen-bond acceptors (Lipinski definition) is 6. The second-order valence-electron chi connectivity index (χ2n) is 8.60. The highest BCUT2D eigenvalue weighted by molar-refractivity contribution is 6.30. The Labute approximate surface area is 202 Å². The van der Waals surface area contributed by atoms with Crippen molar-refractivity contribution >= 4 is 29.4 Å². The molecule has 2 aromatic rings. The number of nitrogens with zero attached hydrogens (tertiary/aromatic N) is 1. The number of aliphatic hydroxyl groups is 1. The molecule has 0 bridgehead atoms. The van der Waals surface area contributed by atoms with Gasteiger partial charge in [0.25, 0.3) is 0 Å². The summed E-state index contributed by atoms with van der Waals surface area (Å²) in [4.78, 5) is 25.3. The molecule has 2 N–H and O–H groups in total. The van der Waals surface area contributed by atoms with Gasteiger partial charge in [-0.05, 0) is 42.3 Å². The molecule has 0 saturated carbocycles. The zero-order chi connectivity index (χ0) is 24.3. The number of anilines is 1. The Morgan fingerprint density at radius 3 is 2.59 bits per heavy atom. The molecule has 34 heavy (non-hydrogen) atoms. The lowest BCUT2D eigenvalue weighted by Gasteiger charge is -2.40. The third kappa shape index (κ3) is 4.81. The number of para-hydroxylation sites is 1. The molecule has 180 valence electrons. The Balaban J connectivity index is 1.41. The molecule has 0 spiro atoms. The van der Waals surface area contributed by atoms with Crippen molar-refractivity contribution in [3.8, 4) is 0 Å². The first-order valence-corrected chi connectivity index (χ1v) is 11.6. The second-order valence-corrected chi connectivity index (χ2v) is 9.04. The molecule has 2 aliphatic rings. The van der Waals surface area contributed by atoms with Crippen molar-refractivity contribution in [2.45, 2.75) is 37.5 Å². The van der Waals surface area contributed by atoms with Crippen molar-refractivity contribution in [1.82, 2.24) is 0 Å². The summed E-state index contributed by atoms with van der Waals surface area (Å²) in [6, 6.07) is 14.6. The predicted molar refractivity (Wildman–Crippen MR) is 127 cm³/mol. The van der Waals surface area contributed by atoms with Crippen LogP contribution in [0.1, 0.15) is 25.3 Å². The number of halogens is 1. The summed E-state index contributed by atoms with van der Waals surface area (Å²) in [5.41, 5.74) is -0.286. The summed E-state index contributed by atoms with van der Waals surface area (Å²) in [7, 11) is 0. The Bertz CT molecular complexity index is 1080. The van der Waals surface area contributed by atoms with E-state index < -0.39 is 34.5 Å². The zero-order valence-corrected chi connectivity index (χ0v) is 19.5. The molecule has 8 nitrogen and oxygen atoms in total. The van der Waals surface area contributed by atoms with Gasteiger partial charge in [0.1, 0.15) is 6.61 Å². The van der Waals surface area contributed by atoms with E-state index in [2.05, 4.69) is 5.32 Å². The standard InChI is InChI=1S/C25H27ClN2O6/c1-2-25(31,18-8-10-19(26)11-9-18)23(29)33-16-17-12-14-28(32)15-13-21(22(17)28)34-24(30)27-20-6-4-3-5-7-20/h3-12,21-22,31H,2,13-16H2,1H3,(H,27,30)/t21-,22-,25?,28?/m1/s1. The van der Waals surface area contributed by atoms with Crippen LogP contribution < -0.4 is 5.32 Å². The minimum atomic E-state index is -1.84. The molecule has 9 heteroatoms. The number of quaternary nitrogens is 1. The molecular formula is C25H27ClN2O6. The highest BCUT2D eigenvalue weighted by Crippen LogP contribution is 2.38. The molecular weight excluding hydrogens is 460 g/mol. The first kappa shape index (κ1) is 24.2. The van der Waals surface area contributed by atoms with Crippen LogP contribution in [0.2, 0.25) is 5.02 Å². The molecule has 1 fully saturated rings. The number of amides is 1. The van der Waals surface area contributed by atoms with Crippen LogP contribution in [0, 0.1) is 5.21 Å². The van der Waals surface area contributed by atoms with Crippen LogP contribution >= 0.6 is 11.6 Å². The summed E-state index contributed by atoms with van der Waals surface area (Å²) in [5, 5.41) is 27.4. The van der Waals surface area contributed by atoms with Gasteiger partial charge in [-0.25, -0.2) is 9.59 Å². The van der Waals surface area contributed by atoms with Crippen molar-refractivity contribution in [1.29, 1.82) is 0 Å². The van der Waals surface area contributed by atoms with E-state index in [1.54, 1.807) is 61.5 Å². The number of hydroxylamine groups is 3. The molecule has 1 saturated heterocycles. The summed E-state index contributed by atoms with van der Waals surface area (Å²) in [5.74, 6) is -0.814. The van der Waals surface area contributed by atoms with Gasteiger partial charge >= 0.3 is 12.1 Å². The van der Waals surface area contributed by atoms with Gasteiger partial charge in [-0.1, -0.05) is 48.9 Å². The van der Waals surface area contributed by atoms with Crippen LogP contribution in [0.4, 0.5) is 10.5 Å². The molecule has 0 radical (unpaired) electrons. The first-order valence-electron chi connectivity index (χ1n) is 11.2. The van der Waals surface area contributed by atoms with Gasteiger partial charge in [-0.15, -0.1) is 0 Å². The number of nitrogens with one attached hydrogen (secondary N) is 1. The van der Waals surface area contributed by atoms with Crippen LogP contribution in [0.3, 0.4) is 0 Å². The van der Waals surface area contributed by atoms with E-state index in [0.29, 0.717) is 34.8 Å². The maximum Gasteiger partial charge on any atom is 0.412 e. The lowest BCUT2D eigenvalue weighted by atomic mass is 9.91. The monoisotopic (exact) mass is 486 g/mol. The lowest BCUT2D eigenvalue weighted by Crippen LogP contribution is -2.48. The Kier molecular flexibility index (Phi) is 6.95. The third-order valence-corrected chi connectivity index (χ3v) is 6.77. The highest BCUT2D eigenvalue weighted by Gasteiger charge is 2.50. The number of fused-ring (bicyclic) bond motifs is 1. The van der Waals surface area contributed by atoms with E-state index in [4.69, 9.17) is 21.1 Å². The molecule has 2 aromatic carbocycles. The van der Waals surface area contributed by atoms with Crippen LogP contribution in [-0.4, -0.2) is 53.7 Å². The largest absolute Gasteiger partial charge is 0.632 e. The Morgan fingerprint density at radius 2 is 1.91 bits per heavy atom. The van der Waals surface area contributed by atoms with Crippen molar-refractivity contribution in [2.24, 2.45) is 0 Å². The van der Waals surface area contributed by atoms with Gasteiger partial charge in [0.05, 0.1) is 13.1 Å².